The van der Waals surface area contributed by atoms with Crippen LogP contribution < -0.4 is 9.47 Å². The standard InChI is InChI=1S/C32H30N2O2/c1-18-14-23-21-11-7-9-13-25(21)34(30(23)27(15-18)35-5)26-17-32(3,4)36-31-19(2)16-22-20-10-6-8-12-24(20)33-29(22)28(26)31/h6-16,26,33H,17H2,1-5H3/t26-/m1/s1. The Balaban J connectivity index is 1.66. The number of H-pyrrole nitrogens is 1. The van der Waals surface area contributed by atoms with Crippen LogP contribution in [0.15, 0.2) is 66.7 Å². The van der Waals surface area contributed by atoms with Gasteiger partial charge in [-0.3, -0.25) is 0 Å². The molecule has 0 saturated carbocycles. The first kappa shape index (κ1) is 21.4. The van der Waals surface area contributed by atoms with Gasteiger partial charge in [-0.1, -0.05) is 36.4 Å². The van der Waals surface area contributed by atoms with Crippen LogP contribution in [-0.4, -0.2) is 22.3 Å². The van der Waals surface area contributed by atoms with E-state index < -0.39 is 0 Å². The lowest BCUT2D eigenvalue weighted by Gasteiger charge is -2.40. The van der Waals surface area contributed by atoms with Crippen molar-refractivity contribution >= 4 is 43.6 Å². The summed E-state index contributed by atoms with van der Waals surface area (Å²) < 4.78 is 15.2. The van der Waals surface area contributed by atoms with Crippen molar-refractivity contribution in [3.8, 4) is 11.5 Å². The minimum absolute atomic E-state index is 0.0678. The predicted molar refractivity (Wildman–Crippen MR) is 149 cm³/mol. The number of aryl methyl sites for hydroxylation is 2. The van der Waals surface area contributed by atoms with Crippen LogP contribution in [0.3, 0.4) is 0 Å². The van der Waals surface area contributed by atoms with Crippen molar-refractivity contribution in [2.24, 2.45) is 0 Å². The van der Waals surface area contributed by atoms with Crippen molar-refractivity contribution < 1.29 is 9.47 Å². The number of methoxy groups -OCH3 is 1. The minimum Gasteiger partial charge on any atom is -0.495 e. The molecule has 0 amide bonds. The lowest BCUT2D eigenvalue weighted by Crippen LogP contribution is -2.37. The molecule has 0 spiro atoms. The van der Waals surface area contributed by atoms with Gasteiger partial charge >= 0.3 is 0 Å². The number of hydrogen-bond donors (Lipinski definition) is 1. The molecule has 0 radical (unpaired) electrons. The Kier molecular flexibility index (Phi) is 4.33. The second-order valence-electron chi connectivity index (χ2n) is 10.9. The molecule has 0 unspecified atom stereocenters. The zero-order valence-electron chi connectivity index (χ0n) is 21.4. The molecule has 2 aromatic heterocycles. The number of fused-ring (bicyclic) bond motifs is 8. The fourth-order valence-corrected chi connectivity index (χ4v) is 6.40. The van der Waals surface area contributed by atoms with E-state index in [1.54, 1.807) is 7.11 Å². The number of para-hydroxylation sites is 2. The van der Waals surface area contributed by atoms with Gasteiger partial charge in [-0.15, -0.1) is 0 Å². The number of hydrogen-bond acceptors (Lipinski definition) is 2. The molecule has 180 valence electrons. The molecular formula is C32H30N2O2. The van der Waals surface area contributed by atoms with Gasteiger partial charge in [0.1, 0.15) is 17.1 Å². The van der Waals surface area contributed by atoms with Gasteiger partial charge in [-0.05, 0) is 69.2 Å². The van der Waals surface area contributed by atoms with Gasteiger partial charge in [0, 0.05) is 44.6 Å². The van der Waals surface area contributed by atoms with Crippen LogP contribution in [0.5, 0.6) is 11.5 Å². The maximum atomic E-state index is 6.72. The molecule has 4 heteroatoms. The van der Waals surface area contributed by atoms with E-state index >= 15 is 0 Å². The number of rotatable bonds is 2. The normalized spacial score (nSPS) is 17.1. The number of nitrogens with zero attached hydrogens (tertiary/aromatic N) is 1. The first-order chi connectivity index (χ1) is 17.4. The van der Waals surface area contributed by atoms with Crippen LogP contribution in [0.1, 0.15) is 43.0 Å². The zero-order chi connectivity index (χ0) is 24.8. The van der Waals surface area contributed by atoms with Gasteiger partial charge in [-0.25, -0.2) is 0 Å². The van der Waals surface area contributed by atoms with E-state index in [0.717, 1.165) is 34.5 Å². The maximum Gasteiger partial charge on any atom is 0.143 e. The van der Waals surface area contributed by atoms with Crippen LogP contribution >= 0.6 is 0 Å². The predicted octanol–water partition coefficient (Wildman–Crippen LogP) is 8.20. The van der Waals surface area contributed by atoms with E-state index in [0.29, 0.717) is 0 Å². The second-order valence-corrected chi connectivity index (χ2v) is 10.9. The van der Waals surface area contributed by atoms with Crippen molar-refractivity contribution in [3.05, 3.63) is 83.4 Å². The average Bonchev–Trinajstić information content (AvgIpc) is 3.38. The Morgan fingerprint density at radius 3 is 2.47 bits per heavy atom. The lowest BCUT2D eigenvalue weighted by molar-refractivity contribution is 0.0682. The molecular weight excluding hydrogens is 444 g/mol. The van der Waals surface area contributed by atoms with Crippen LogP contribution in [-0.2, 0) is 0 Å². The summed E-state index contributed by atoms with van der Waals surface area (Å²) in [6, 6.07) is 24.1. The molecule has 0 bridgehead atoms. The summed E-state index contributed by atoms with van der Waals surface area (Å²) >= 11 is 0. The lowest BCUT2D eigenvalue weighted by atomic mass is 9.86. The molecule has 36 heavy (non-hydrogen) atoms. The maximum absolute atomic E-state index is 6.72. The highest BCUT2D eigenvalue weighted by Gasteiger charge is 2.39. The van der Waals surface area contributed by atoms with Gasteiger partial charge in [0.05, 0.1) is 24.2 Å². The molecule has 3 heterocycles. The van der Waals surface area contributed by atoms with Crippen molar-refractivity contribution in [2.75, 3.05) is 7.11 Å². The van der Waals surface area contributed by atoms with Gasteiger partial charge in [0.25, 0.3) is 0 Å². The minimum atomic E-state index is -0.322. The molecule has 6 aromatic rings. The number of nitrogens with one attached hydrogen (secondary N) is 1. The number of aromatic amines is 1. The number of ether oxygens (including phenoxy) is 2. The summed E-state index contributed by atoms with van der Waals surface area (Å²) in [7, 11) is 1.78. The van der Waals surface area contributed by atoms with Crippen LogP contribution in [0, 0.1) is 13.8 Å². The summed E-state index contributed by atoms with van der Waals surface area (Å²) in [4.78, 5) is 3.76. The third kappa shape index (κ3) is 2.87. The molecule has 0 aliphatic carbocycles. The van der Waals surface area contributed by atoms with Gasteiger partial charge < -0.3 is 19.0 Å². The highest BCUT2D eigenvalue weighted by molar-refractivity contribution is 6.12. The monoisotopic (exact) mass is 474 g/mol. The average molecular weight is 475 g/mol. The fraction of sp³-hybridized carbons (Fsp3) is 0.250. The van der Waals surface area contributed by atoms with Crippen molar-refractivity contribution in [2.45, 2.75) is 45.8 Å². The summed E-state index contributed by atoms with van der Waals surface area (Å²) in [6.07, 6.45) is 0.846. The van der Waals surface area contributed by atoms with E-state index in [1.807, 2.05) is 0 Å². The molecule has 0 fully saturated rings. The van der Waals surface area contributed by atoms with E-state index in [9.17, 15) is 0 Å². The SMILES string of the molecule is COc1cc(C)cc2c3ccccc3n([C@@H]3CC(C)(C)Oc4c(C)cc5c([nH]c6ccccc65)c43)c12. The van der Waals surface area contributed by atoms with Crippen LogP contribution in [0.25, 0.3) is 43.6 Å². The molecule has 4 nitrogen and oxygen atoms in total. The Labute approximate surface area is 210 Å². The zero-order valence-corrected chi connectivity index (χ0v) is 21.4. The Hall–Kier alpha value is -3.92. The third-order valence-electron chi connectivity index (χ3n) is 7.82. The highest BCUT2D eigenvalue weighted by Crippen LogP contribution is 2.51. The van der Waals surface area contributed by atoms with E-state index in [4.69, 9.17) is 9.47 Å². The summed E-state index contributed by atoms with van der Waals surface area (Å²) in [5.74, 6) is 1.90. The number of aromatic nitrogens is 2. The van der Waals surface area contributed by atoms with Crippen LogP contribution in [0.2, 0.25) is 0 Å². The molecule has 1 atom stereocenters. The molecule has 1 aliphatic heterocycles. The van der Waals surface area contributed by atoms with E-state index in [2.05, 4.69) is 104 Å². The molecule has 0 saturated heterocycles. The topological polar surface area (TPSA) is 39.2 Å². The smallest absolute Gasteiger partial charge is 0.143 e. The van der Waals surface area contributed by atoms with E-state index in [1.165, 1.54) is 43.8 Å². The Bertz CT molecular complexity index is 1840. The summed E-state index contributed by atoms with van der Waals surface area (Å²) in [6.45, 7) is 8.72. The summed E-state index contributed by atoms with van der Waals surface area (Å²) in [5.41, 5.74) is 7.95. The molecule has 1 aliphatic rings. The Morgan fingerprint density at radius 1 is 0.917 bits per heavy atom. The summed E-state index contributed by atoms with van der Waals surface area (Å²) in [5, 5.41) is 4.98. The molecule has 4 aromatic carbocycles. The highest BCUT2D eigenvalue weighted by atomic mass is 16.5. The molecule has 1 N–H and O–H groups in total. The van der Waals surface area contributed by atoms with Crippen LogP contribution in [0.4, 0.5) is 0 Å². The van der Waals surface area contributed by atoms with Crippen molar-refractivity contribution in [3.63, 3.8) is 0 Å². The molecule has 7 rings (SSSR count). The Morgan fingerprint density at radius 2 is 1.67 bits per heavy atom. The van der Waals surface area contributed by atoms with E-state index in [-0.39, 0.29) is 11.6 Å². The fourth-order valence-electron chi connectivity index (χ4n) is 6.40. The van der Waals surface area contributed by atoms with Gasteiger partial charge in [0.2, 0.25) is 0 Å². The first-order valence-corrected chi connectivity index (χ1v) is 12.7. The van der Waals surface area contributed by atoms with Gasteiger partial charge in [0.15, 0.2) is 0 Å². The van der Waals surface area contributed by atoms with Gasteiger partial charge in [-0.2, -0.15) is 0 Å². The largest absolute Gasteiger partial charge is 0.495 e. The van der Waals surface area contributed by atoms with Crippen molar-refractivity contribution in [1.29, 1.82) is 0 Å². The third-order valence-corrected chi connectivity index (χ3v) is 7.82. The first-order valence-electron chi connectivity index (χ1n) is 12.7. The quantitative estimate of drug-likeness (QED) is 0.275. The second kappa shape index (κ2) is 7.30. The number of benzene rings is 4. The van der Waals surface area contributed by atoms with Crippen molar-refractivity contribution in [1.82, 2.24) is 9.55 Å².